The molecule has 0 saturated heterocycles. The van der Waals surface area contributed by atoms with Gasteiger partial charge in [0.15, 0.2) is 5.43 Å². The van der Waals surface area contributed by atoms with Crippen LogP contribution in [0.15, 0.2) is 33.5 Å². The first-order chi connectivity index (χ1) is 9.86. The number of ether oxygens (including phenoxy) is 1. The average molecular weight is 310 g/mol. The summed E-state index contributed by atoms with van der Waals surface area (Å²) in [4.78, 5) is 25.9. The maximum absolute atomic E-state index is 12.0. The van der Waals surface area contributed by atoms with E-state index in [-0.39, 0.29) is 17.3 Å². The number of halogens is 1. The van der Waals surface area contributed by atoms with Crippen LogP contribution in [0, 0.1) is 0 Å². The van der Waals surface area contributed by atoms with Crippen molar-refractivity contribution in [2.45, 2.75) is 13.0 Å². The van der Waals surface area contributed by atoms with Crippen molar-refractivity contribution in [3.8, 4) is 0 Å². The number of fused-ring (bicyclic) bond motifs is 1. The van der Waals surface area contributed by atoms with Crippen molar-refractivity contribution < 1.29 is 13.9 Å². The Morgan fingerprint density at radius 3 is 2.76 bits per heavy atom. The maximum atomic E-state index is 12.0. The number of esters is 1. The van der Waals surface area contributed by atoms with Crippen LogP contribution in [-0.2, 0) is 4.74 Å². The van der Waals surface area contributed by atoms with Gasteiger partial charge in [-0.15, -0.1) is 0 Å². The summed E-state index contributed by atoms with van der Waals surface area (Å²) in [5, 5.41) is 0.769. The quantitative estimate of drug-likeness (QED) is 0.812. The molecular weight excluding hydrogens is 294 g/mol. The number of likely N-dealkylation sites (N-methyl/N-ethyl adjacent to an activating group) is 1. The zero-order valence-corrected chi connectivity index (χ0v) is 12.8. The molecule has 0 fully saturated rings. The first kappa shape index (κ1) is 15.5. The summed E-state index contributed by atoms with van der Waals surface area (Å²) in [5.74, 6) is -0.765. The van der Waals surface area contributed by atoms with Crippen LogP contribution >= 0.6 is 11.6 Å². The largest absolute Gasteiger partial charge is 0.455 e. The van der Waals surface area contributed by atoms with Gasteiger partial charge in [-0.2, -0.15) is 0 Å². The number of nitrogens with zero attached hydrogens (tertiary/aromatic N) is 1. The van der Waals surface area contributed by atoms with Gasteiger partial charge in [0, 0.05) is 17.6 Å². The van der Waals surface area contributed by atoms with Crippen LogP contribution < -0.4 is 5.43 Å². The fourth-order valence-electron chi connectivity index (χ4n) is 2.02. The normalized spacial score (nSPS) is 12.6. The van der Waals surface area contributed by atoms with Crippen LogP contribution in [0.25, 0.3) is 11.0 Å². The molecule has 0 N–H and O–H groups in total. The van der Waals surface area contributed by atoms with Gasteiger partial charge in [-0.05, 0) is 39.2 Å². The van der Waals surface area contributed by atoms with Gasteiger partial charge in [-0.1, -0.05) is 11.6 Å². The van der Waals surface area contributed by atoms with Gasteiger partial charge in [-0.3, -0.25) is 4.79 Å². The summed E-state index contributed by atoms with van der Waals surface area (Å²) in [5.41, 5.74) is -0.0231. The van der Waals surface area contributed by atoms with E-state index in [1.807, 2.05) is 19.0 Å². The van der Waals surface area contributed by atoms with Crippen LogP contribution in [-0.4, -0.2) is 37.6 Å². The molecular formula is C15H16ClNO4. The Morgan fingerprint density at radius 1 is 1.38 bits per heavy atom. The molecule has 0 bridgehead atoms. The molecule has 1 aromatic carbocycles. The molecule has 21 heavy (non-hydrogen) atoms. The molecule has 0 aliphatic rings. The molecule has 0 spiro atoms. The lowest BCUT2D eigenvalue weighted by Gasteiger charge is -2.17. The summed E-state index contributed by atoms with van der Waals surface area (Å²) in [6.07, 6.45) is -0.307. The molecule has 0 amide bonds. The molecule has 1 heterocycles. The number of carbonyl (C=O) groups excluding carboxylic acids is 1. The van der Waals surface area contributed by atoms with Crippen molar-refractivity contribution >= 4 is 28.5 Å². The molecule has 0 aliphatic carbocycles. The molecule has 5 nitrogen and oxygen atoms in total. The summed E-state index contributed by atoms with van der Waals surface area (Å²) in [7, 11) is 3.76. The van der Waals surface area contributed by atoms with Crippen LogP contribution in [0.1, 0.15) is 17.5 Å². The molecule has 1 aromatic heterocycles. The van der Waals surface area contributed by atoms with E-state index in [1.54, 1.807) is 19.1 Å². The van der Waals surface area contributed by atoms with E-state index in [9.17, 15) is 9.59 Å². The fourth-order valence-corrected chi connectivity index (χ4v) is 2.19. The zero-order chi connectivity index (χ0) is 15.6. The Morgan fingerprint density at radius 2 is 2.10 bits per heavy atom. The van der Waals surface area contributed by atoms with Gasteiger partial charge in [-0.25, -0.2) is 4.79 Å². The highest BCUT2D eigenvalue weighted by Crippen LogP contribution is 2.18. The minimum atomic E-state index is -0.654. The molecule has 1 atom stereocenters. The molecule has 0 radical (unpaired) electrons. The van der Waals surface area contributed by atoms with E-state index in [4.69, 9.17) is 20.8 Å². The lowest BCUT2D eigenvalue weighted by atomic mass is 10.2. The predicted octanol–water partition coefficient (Wildman–Crippen LogP) is 2.55. The van der Waals surface area contributed by atoms with E-state index < -0.39 is 5.97 Å². The second kappa shape index (κ2) is 6.28. The van der Waals surface area contributed by atoms with E-state index in [0.717, 1.165) is 6.07 Å². The molecule has 2 aromatic rings. The molecule has 0 saturated carbocycles. The highest BCUT2D eigenvalue weighted by atomic mass is 35.5. The van der Waals surface area contributed by atoms with Gasteiger partial charge in [0.2, 0.25) is 5.76 Å². The average Bonchev–Trinajstić information content (AvgIpc) is 2.38. The Bertz CT molecular complexity index is 723. The van der Waals surface area contributed by atoms with Crippen molar-refractivity contribution in [1.29, 1.82) is 0 Å². The first-order valence-corrected chi connectivity index (χ1v) is 6.83. The Balaban J connectivity index is 2.28. The topological polar surface area (TPSA) is 59.8 Å². The number of hydrogen-bond donors (Lipinski definition) is 0. The third-order valence-corrected chi connectivity index (χ3v) is 3.06. The zero-order valence-electron chi connectivity index (χ0n) is 12.1. The third kappa shape index (κ3) is 3.83. The smallest absolute Gasteiger partial charge is 0.374 e. The standard InChI is InChI=1S/C15H16ClNO4/c1-9(8-17(2)3)20-15(19)14-7-12(18)11-6-10(16)4-5-13(11)21-14/h4-7,9H,8H2,1-3H3. The summed E-state index contributed by atoms with van der Waals surface area (Å²) in [6.45, 7) is 2.36. The second-order valence-electron chi connectivity index (χ2n) is 5.09. The number of rotatable bonds is 4. The minimum absolute atomic E-state index is 0.111. The van der Waals surface area contributed by atoms with Crippen molar-refractivity contribution in [2.24, 2.45) is 0 Å². The SMILES string of the molecule is CC(CN(C)C)OC(=O)c1cc(=O)c2cc(Cl)ccc2o1. The highest BCUT2D eigenvalue weighted by Gasteiger charge is 2.17. The number of carbonyl (C=O) groups is 1. The van der Waals surface area contributed by atoms with Crippen LogP contribution in [0.2, 0.25) is 5.02 Å². The van der Waals surface area contributed by atoms with Crippen LogP contribution in [0.4, 0.5) is 0 Å². The van der Waals surface area contributed by atoms with Gasteiger partial charge in [0.25, 0.3) is 0 Å². The Hall–Kier alpha value is -1.85. The fraction of sp³-hybridized carbons (Fsp3) is 0.333. The minimum Gasteiger partial charge on any atom is -0.455 e. The highest BCUT2D eigenvalue weighted by molar-refractivity contribution is 6.31. The molecule has 2 rings (SSSR count). The summed E-state index contributed by atoms with van der Waals surface area (Å²) < 4.78 is 10.7. The maximum Gasteiger partial charge on any atom is 0.374 e. The van der Waals surface area contributed by atoms with E-state index in [2.05, 4.69) is 0 Å². The number of benzene rings is 1. The first-order valence-electron chi connectivity index (χ1n) is 6.46. The van der Waals surface area contributed by atoms with Crippen LogP contribution in [0.5, 0.6) is 0 Å². The van der Waals surface area contributed by atoms with Crippen LogP contribution in [0.3, 0.4) is 0 Å². The lowest BCUT2D eigenvalue weighted by Crippen LogP contribution is -2.28. The Kier molecular flexibility index (Phi) is 4.65. The number of hydrogen-bond acceptors (Lipinski definition) is 5. The lowest BCUT2D eigenvalue weighted by molar-refractivity contribution is 0.0254. The van der Waals surface area contributed by atoms with Gasteiger partial charge in [0.05, 0.1) is 5.39 Å². The summed E-state index contributed by atoms with van der Waals surface area (Å²) in [6, 6.07) is 5.78. The summed E-state index contributed by atoms with van der Waals surface area (Å²) >= 11 is 5.83. The molecule has 1 unspecified atom stereocenters. The third-order valence-electron chi connectivity index (χ3n) is 2.82. The van der Waals surface area contributed by atoms with Gasteiger partial charge >= 0.3 is 5.97 Å². The van der Waals surface area contributed by atoms with E-state index in [0.29, 0.717) is 22.5 Å². The monoisotopic (exact) mass is 309 g/mol. The van der Waals surface area contributed by atoms with Crippen molar-refractivity contribution in [3.05, 3.63) is 45.3 Å². The molecule has 112 valence electrons. The predicted molar refractivity (Wildman–Crippen MR) is 80.9 cm³/mol. The molecule has 6 heteroatoms. The van der Waals surface area contributed by atoms with Gasteiger partial charge in [0.1, 0.15) is 11.7 Å². The van der Waals surface area contributed by atoms with E-state index in [1.165, 1.54) is 6.07 Å². The molecule has 0 aliphatic heterocycles. The second-order valence-corrected chi connectivity index (χ2v) is 5.53. The van der Waals surface area contributed by atoms with Crippen molar-refractivity contribution in [3.63, 3.8) is 0 Å². The van der Waals surface area contributed by atoms with Gasteiger partial charge < -0.3 is 14.1 Å². The Labute approximate surface area is 127 Å². The van der Waals surface area contributed by atoms with E-state index >= 15 is 0 Å². The van der Waals surface area contributed by atoms with Crippen molar-refractivity contribution in [2.75, 3.05) is 20.6 Å². The van der Waals surface area contributed by atoms with Crippen molar-refractivity contribution in [1.82, 2.24) is 4.90 Å².